The Morgan fingerprint density at radius 2 is 1.79 bits per heavy atom. The van der Waals surface area contributed by atoms with E-state index in [-0.39, 0.29) is 36.9 Å². The zero-order valence-electron chi connectivity index (χ0n) is 23.2. The molecule has 208 valence electrons. The summed E-state index contributed by atoms with van der Waals surface area (Å²) in [5.74, 6) is -0.692. The quantitative estimate of drug-likeness (QED) is 0.582. The van der Waals surface area contributed by atoms with Crippen molar-refractivity contribution in [3.05, 3.63) is 29.8 Å². The van der Waals surface area contributed by atoms with E-state index < -0.39 is 23.6 Å². The average Bonchev–Trinajstić information content (AvgIpc) is 3.42. The Hall–Kier alpha value is -2.49. The number of carbonyl (C=O) groups is 3. The van der Waals surface area contributed by atoms with Crippen LogP contribution in [0.5, 0.6) is 0 Å². The van der Waals surface area contributed by atoms with Crippen LogP contribution in [0.3, 0.4) is 0 Å². The van der Waals surface area contributed by atoms with Gasteiger partial charge in [0.15, 0.2) is 5.78 Å². The van der Waals surface area contributed by atoms with Crippen LogP contribution in [0.4, 0.5) is 5.69 Å². The Bertz CT molecular complexity index is 1030. The van der Waals surface area contributed by atoms with Crippen molar-refractivity contribution in [2.75, 3.05) is 50.8 Å². The fraction of sp³-hybridized carbons (Fsp3) is 0.690. The van der Waals surface area contributed by atoms with Crippen LogP contribution in [-0.4, -0.2) is 104 Å². The van der Waals surface area contributed by atoms with E-state index in [1.807, 2.05) is 52.0 Å². The van der Waals surface area contributed by atoms with Gasteiger partial charge in [-0.2, -0.15) is 0 Å². The summed E-state index contributed by atoms with van der Waals surface area (Å²) in [6.45, 7) is 12.5. The molecule has 1 aromatic rings. The first-order valence-corrected chi connectivity index (χ1v) is 14.1. The van der Waals surface area contributed by atoms with Gasteiger partial charge in [-0.25, -0.2) is 0 Å². The van der Waals surface area contributed by atoms with Crippen molar-refractivity contribution in [3.8, 4) is 0 Å². The number of rotatable bonds is 7. The van der Waals surface area contributed by atoms with Gasteiger partial charge in [0, 0.05) is 50.1 Å². The first kappa shape index (κ1) is 27.1. The number of amides is 2. The highest BCUT2D eigenvalue weighted by atomic mass is 16.6. The largest absolute Gasteiger partial charge is 0.374 e. The van der Waals surface area contributed by atoms with Gasteiger partial charge in [0.05, 0.1) is 6.54 Å². The van der Waals surface area contributed by atoms with Crippen molar-refractivity contribution in [1.82, 2.24) is 15.1 Å². The second-order valence-electron chi connectivity index (χ2n) is 12.1. The summed E-state index contributed by atoms with van der Waals surface area (Å²) >= 11 is 0. The Balaban J connectivity index is 1.24. The Labute approximate surface area is 225 Å². The zero-order valence-corrected chi connectivity index (χ0v) is 23.2. The van der Waals surface area contributed by atoms with E-state index in [4.69, 9.17) is 9.47 Å². The minimum atomic E-state index is -0.802. The third-order valence-corrected chi connectivity index (χ3v) is 8.59. The van der Waals surface area contributed by atoms with E-state index in [1.165, 1.54) is 19.3 Å². The summed E-state index contributed by atoms with van der Waals surface area (Å²) in [5, 5.41) is 2.98. The predicted octanol–water partition coefficient (Wildman–Crippen LogP) is 2.09. The molecule has 4 aliphatic rings. The molecular weight excluding hydrogens is 484 g/mol. The summed E-state index contributed by atoms with van der Waals surface area (Å²) in [4.78, 5) is 46.2. The minimum Gasteiger partial charge on any atom is -0.374 e. The van der Waals surface area contributed by atoms with E-state index >= 15 is 0 Å². The Kier molecular flexibility index (Phi) is 7.80. The number of nitrogens with one attached hydrogen (secondary N) is 1. The molecule has 0 unspecified atom stereocenters. The molecule has 3 saturated heterocycles. The van der Waals surface area contributed by atoms with Gasteiger partial charge >= 0.3 is 0 Å². The molecule has 38 heavy (non-hydrogen) atoms. The normalized spacial score (nSPS) is 27.3. The molecule has 4 fully saturated rings. The molecule has 1 N–H and O–H groups in total. The van der Waals surface area contributed by atoms with Crippen LogP contribution >= 0.6 is 0 Å². The topological polar surface area (TPSA) is 91.4 Å². The number of carbonyl (C=O) groups excluding carboxylic acids is 3. The first-order chi connectivity index (χ1) is 18.2. The second-order valence-corrected chi connectivity index (χ2v) is 12.1. The van der Waals surface area contributed by atoms with Crippen LogP contribution in [0.1, 0.15) is 57.3 Å². The van der Waals surface area contributed by atoms with Crippen molar-refractivity contribution >= 4 is 23.3 Å². The maximum atomic E-state index is 13.8. The van der Waals surface area contributed by atoms with Crippen LogP contribution < -0.4 is 10.2 Å². The maximum Gasteiger partial charge on any atom is 0.251 e. The molecule has 1 aliphatic carbocycles. The molecule has 0 spiro atoms. The smallest absolute Gasteiger partial charge is 0.251 e. The molecule has 0 aromatic heterocycles. The number of hydrogen-bond acceptors (Lipinski definition) is 7. The lowest BCUT2D eigenvalue weighted by Gasteiger charge is -2.43. The number of piperazine rings is 1. The number of nitrogens with zero attached hydrogens (tertiary/aromatic N) is 3. The van der Waals surface area contributed by atoms with Gasteiger partial charge < -0.3 is 24.6 Å². The highest BCUT2D eigenvalue weighted by Crippen LogP contribution is 2.32. The summed E-state index contributed by atoms with van der Waals surface area (Å²) < 4.78 is 11.5. The number of anilines is 1. The molecule has 3 heterocycles. The lowest BCUT2D eigenvalue weighted by atomic mass is 9.85. The molecule has 2 amide bonds. The molecule has 3 aliphatic heterocycles. The number of ether oxygens (including phenoxy) is 2. The van der Waals surface area contributed by atoms with Crippen LogP contribution in [0.15, 0.2) is 24.3 Å². The van der Waals surface area contributed by atoms with E-state index in [0.29, 0.717) is 12.2 Å². The molecule has 9 heteroatoms. The van der Waals surface area contributed by atoms with Gasteiger partial charge in [-0.15, -0.1) is 0 Å². The molecule has 9 nitrogen and oxygen atoms in total. The van der Waals surface area contributed by atoms with E-state index in [9.17, 15) is 14.4 Å². The lowest BCUT2D eigenvalue weighted by molar-refractivity contribution is -0.140. The summed E-state index contributed by atoms with van der Waals surface area (Å²) in [6, 6.07) is 6.96. The predicted molar refractivity (Wildman–Crippen MR) is 144 cm³/mol. The Morgan fingerprint density at radius 1 is 1.11 bits per heavy atom. The standard InChI is InChI=1S/C29H42N4O5/c1-5-37-23-17-33(24-22(34)18-38-25(23)24)28(36)26(29(2,3)4)30-27(35)19-9-11-21(12-10-19)32-15-13-31(14-16-32)20-7-6-8-20/h9-12,20,23-26H,5-8,13-18H2,1-4H3,(H,30,35)/t23-,24+,25+,26+/m0/s1. The summed E-state index contributed by atoms with van der Waals surface area (Å²) in [6.07, 6.45) is 3.22. The monoisotopic (exact) mass is 526 g/mol. The molecule has 4 atom stereocenters. The third kappa shape index (κ3) is 5.33. The summed E-state index contributed by atoms with van der Waals surface area (Å²) in [7, 11) is 0. The molecule has 0 radical (unpaired) electrons. The number of Topliss-reactive ketones (excluding diaryl/α,β-unsaturated/α-hetero) is 1. The summed E-state index contributed by atoms with van der Waals surface area (Å²) in [5.41, 5.74) is 1.06. The molecule has 1 saturated carbocycles. The van der Waals surface area contributed by atoms with E-state index in [2.05, 4.69) is 15.1 Å². The van der Waals surface area contributed by atoms with Crippen LogP contribution in [0, 0.1) is 5.41 Å². The average molecular weight is 527 g/mol. The van der Waals surface area contributed by atoms with Gasteiger partial charge in [-0.05, 0) is 49.4 Å². The first-order valence-electron chi connectivity index (χ1n) is 14.1. The van der Waals surface area contributed by atoms with Crippen molar-refractivity contribution in [2.24, 2.45) is 5.41 Å². The van der Waals surface area contributed by atoms with Gasteiger partial charge in [-0.1, -0.05) is 27.2 Å². The van der Waals surface area contributed by atoms with E-state index in [0.717, 1.165) is 37.9 Å². The van der Waals surface area contributed by atoms with Gasteiger partial charge in [-0.3, -0.25) is 19.3 Å². The number of likely N-dealkylation sites (tertiary alicyclic amines) is 1. The molecular formula is C29H42N4O5. The van der Waals surface area contributed by atoms with Crippen LogP contribution in [0.25, 0.3) is 0 Å². The lowest BCUT2D eigenvalue weighted by Crippen LogP contribution is -2.57. The van der Waals surface area contributed by atoms with Crippen molar-refractivity contribution in [2.45, 2.75) is 77.3 Å². The maximum absolute atomic E-state index is 13.8. The fourth-order valence-corrected chi connectivity index (χ4v) is 6.15. The number of fused-ring (bicyclic) bond motifs is 1. The Morgan fingerprint density at radius 3 is 2.37 bits per heavy atom. The van der Waals surface area contributed by atoms with Crippen molar-refractivity contribution in [1.29, 1.82) is 0 Å². The molecule has 5 rings (SSSR count). The molecule has 0 bridgehead atoms. The van der Waals surface area contributed by atoms with Gasteiger partial charge in [0.2, 0.25) is 5.91 Å². The number of ketones is 1. The third-order valence-electron chi connectivity index (χ3n) is 8.59. The van der Waals surface area contributed by atoms with Crippen LogP contribution in [0.2, 0.25) is 0 Å². The second kappa shape index (κ2) is 10.9. The highest BCUT2D eigenvalue weighted by molar-refractivity contribution is 5.99. The number of hydrogen-bond donors (Lipinski definition) is 1. The minimum absolute atomic E-state index is 0.0167. The SMILES string of the molecule is CCO[C@H]1CN(C(=O)[C@@H](NC(=O)c2ccc(N3CCN(C4CCC4)CC3)cc2)C(C)(C)C)[C@@H]2C(=O)CO[C@H]12. The molecule has 1 aromatic carbocycles. The van der Waals surface area contributed by atoms with Crippen molar-refractivity contribution < 1.29 is 23.9 Å². The van der Waals surface area contributed by atoms with Gasteiger partial charge in [0.1, 0.15) is 30.9 Å². The van der Waals surface area contributed by atoms with Crippen LogP contribution in [-0.2, 0) is 19.1 Å². The number of benzene rings is 1. The highest BCUT2D eigenvalue weighted by Gasteiger charge is 2.54. The fourth-order valence-electron chi connectivity index (χ4n) is 6.15. The zero-order chi connectivity index (χ0) is 27.0. The van der Waals surface area contributed by atoms with Gasteiger partial charge in [0.25, 0.3) is 5.91 Å². The van der Waals surface area contributed by atoms with E-state index in [1.54, 1.807) is 4.90 Å². The van der Waals surface area contributed by atoms with Crippen molar-refractivity contribution in [3.63, 3.8) is 0 Å².